The van der Waals surface area contributed by atoms with Crippen LogP contribution in [0, 0.1) is 0 Å². The van der Waals surface area contributed by atoms with Gasteiger partial charge in [-0.15, -0.1) is 0 Å². The molecule has 0 heterocycles. The Hall–Kier alpha value is -4.14. The number of hydrogen-bond acceptors (Lipinski definition) is 0. The Morgan fingerprint density at radius 3 is 0.416 bits per heavy atom. The number of fused-ring (bicyclic) bond motifs is 6. The number of benzene rings is 6. The van der Waals surface area contributed by atoms with Gasteiger partial charge in [0.15, 0.2) is 0 Å². The Kier molecular flexibility index (Phi) is 11.6. The van der Waals surface area contributed by atoms with E-state index in [0.717, 1.165) is 0 Å². The summed E-state index contributed by atoms with van der Waals surface area (Å²) in [5, 5.41) is 0. The van der Waals surface area contributed by atoms with Gasteiger partial charge >= 0.3 is 550 Å². The maximum absolute atomic E-state index is 2.99. The first-order valence-corrected chi connectivity index (χ1v) is 38.0. The fraction of sp³-hybridized carbons (Fsp3) is 0.591. The zero-order valence-corrected chi connectivity index (χ0v) is 62.2. The molecule has 0 amide bonds. The third kappa shape index (κ3) is 7.60. The van der Waals surface area contributed by atoms with Crippen LogP contribution in [0.15, 0.2) is 72.8 Å². The molecule has 12 aliphatic rings. The fourth-order valence-electron chi connectivity index (χ4n) is 21.7. The molecule has 0 unspecified atom stereocenters. The average molecular weight is 1240 g/mol. The van der Waals surface area contributed by atoms with Crippen LogP contribution in [0.25, 0.3) is 0 Å². The topological polar surface area (TPSA) is 0 Å². The van der Waals surface area contributed by atoms with Gasteiger partial charge in [0.2, 0.25) is 0 Å². The molecule has 6 aromatic rings. The first-order chi connectivity index (χ1) is 40.9. The van der Waals surface area contributed by atoms with Gasteiger partial charge in [-0.05, 0) is 0 Å². The standard InChI is InChI=1S/C88H110Ge/c1-75(2)25-31-81(13,14)67-43-55-49(37-61(67)75)73-50-38-62-68(82(15,16)32-26-76(62,3)4)44-56(50)87(55,57-45-69-63(39-51(57)73)77(5,6)27-33-83(69,17)18)89-88-58-46-70-64(78(7,8)28-34-84(70,19)20)40-52(58)74(53-41-65-71(47-59(53)88)85(21,22)35-29-79(65,9)10)54-42-66-72(48-60(54)88)86(23,24)36-30-80(66,11)12/h37-48,73-74H,25-36H2,1-24H3. The second-order valence-electron chi connectivity index (χ2n) is 40.0. The van der Waals surface area contributed by atoms with E-state index in [0.29, 0.717) is 0 Å². The molecule has 12 aliphatic carbocycles. The second kappa shape index (κ2) is 17.2. The van der Waals surface area contributed by atoms with Gasteiger partial charge in [0.25, 0.3) is 0 Å². The van der Waals surface area contributed by atoms with Gasteiger partial charge in [0, 0.05) is 0 Å². The molecular weight excluding hydrogens is 1130 g/mol. The minimum atomic E-state index is -1.34. The van der Waals surface area contributed by atoms with Crippen LogP contribution >= 0.6 is 0 Å². The van der Waals surface area contributed by atoms with E-state index in [1.807, 2.05) is 0 Å². The molecular formula is C88H110Ge. The van der Waals surface area contributed by atoms with Crippen LogP contribution in [0.3, 0.4) is 0 Å². The molecule has 0 fully saturated rings. The Morgan fingerprint density at radius 2 is 0.292 bits per heavy atom. The third-order valence-electron chi connectivity index (χ3n) is 28.8. The van der Waals surface area contributed by atoms with Crippen molar-refractivity contribution in [2.45, 2.75) is 329 Å². The molecule has 0 aliphatic heterocycles. The molecule has 2 radical (unpaired) electrons. The van der Waals surface area contributed by atoms with Gasteiger partial charge in [0.1, 0.15) is 0 Å². The van der Waals surface area contributed by atoms with Crippen molar-refractivity contribution < 1.29 is 0 Å². The summed E-state index contributed by atoms with van der Waals surface area (Å²) in [4.78, 5) is 0. The molecule has 0 saturated heterocycles. The molecule has 0 N–H and O–H groups in total. The fourth-order valence-corrected chi connectivity index (χ4v) is 27.3. The van der Waals surface area contributed by atoms with Crippen LogP contribution in [-0.4, -0.2) is 15.4 Å². The molecule has 18 rings (SSSR count). The summed E-state index contributed by atoms with van der Waals surface area (Å²) in [7, 11) is 0. The molecule has 1 heteroatoms. The van der Waals surface area contributed by atoms with Crippen LogP contribution in [0.2, 0.25) is 0 Å². The Bertz CT molecular complexity index is 3500. The van der Waals surface area contributed by atoms with Crippen molar-refractivity contribution in [1.29, 1.82) is 0 Å². The van der Waals surface area contributed by atoms with E-state index in [-0.39, 0.29) is 76.8 Å². The normalized spacial score (nSPS) is 29.8. The number of hydrogen-bond donors (Lipinski definition) is 0. The van der Waals surface area contributed by atoms with Crippen molar-refractivity contribution in [3.05, 3.63) is 206 Å². The summed E-state index contributed by atoms with van der Waals surface area (Å²) in [6.45, 7) is 62.7. The van der Waals surface area contributed by atoms with E-state index < -0.39 is 23.9 Å². The van der Waals surface area contributed by atoms with Gasteiger partial charge in [-0.25, -0.2) is 0 Å². The summed E-state index contributed by atoms with van der Waals surface area (Å²) in [6, 6.07) is 35.4. The maximum atomic E-state index is 2.99. The molecule has 0 spiro atoms. The number of rotatable bonds is 2. The molecule has 0 saturated carbocycles. The first kappa shape index (κ1) is 59.8. The van der Waals surface area contributed by atoms with Crippen molar-refractivity contribution in [2.24, 2.45) is 0 Å². The zero-order chi connectivity index (χ0) is 63.7. The summed E-state index contributed by atoms with van der Waals surface area (Å²) in [6.07, 6.45) is 14.6. The quantitative estimate of drug-likeness (QED) is 0.152. The van der Waals surface area contributed by atoms with Crippen molar-refractivity contribution in [1.82, 2.24) is 0 Å². The van der Waals surface area contributed by atoms with Crippen LogP contribution in [0.5, 0.6) is 0 Å². The molecule has 6 aromatic carbocycles. The van der Waals surface area contributed by atoms with E-state index in [4.69, 9.17) is 0 Å². The van der Waals surface area contributed by atoms with E-state index in [2.05, 4.69) is 239 Å². The van der Waals surface area contributed by atoms with Crippen LogP contribution in [0.1, 0.15) is 389 Å². The monoisotopic (exact) mass is 1240 g/mol. The summed E-state index contributed by atoms with van der Waals surface area (Å²) >= 11 is -1.34. The molecule has 4 bridgehead atoms. The van der Waals surface area contributed by atoms with E-state index in [1.54, 1.807) is 134 Å². The predicted octanol–water partition coefficient (Wildman–Crippen LogP) is 22.4. The Labute approximate surface area is 546 Å². The van der Waals surface area contributed by atoms with E-state index >= 15 is 0 Å². The van der Waals surface area contributed by atoms with Crippen molar-refractivity contribution >= 4 is 15.4 Å². The molecule has 0 aromatic heterocycles. The predicted molar refractivity (Wildman–Crippen MR) is 378 cm³/mol. The zero-order valence-electron chi connectivity index (χ0n) is 60.1. The molecule has 0 atom stereocenters. The van der Waals surface area contributed by atoms with Crippen molar-refractivity contribution in [2.75, 3.05) is 0 Å². The third-order valence-corrected chi connectivity index (χ3v) is 33.8. The van der Waals surface area contributed by atoms with Gasteiger partial charge < -0.3 is 0 Å². The SMILES string of the molecule is CC1(C)CCC(C)(C)c2cc3c(cc21)C1c2cc4c(cc2[C]3([Ge][C]23c5cc6c(cc5C(c5cc7c(cc52)C(C)(C)CCC7(C)C)c2cc5c(cc23)C(C)(C)CCC5(C)C)C(C)(C)CCC6(C)C)c2cc3c(cc21)C(C)(C)CCC3(C)C)C(C)(C)CCC4(C)C. The summed E-state index contributed by atoms with van der Waals surface area (Å²) in [5.41, 5.74) is 40.3. The summed E-state index contributed by atoms with van der Waals surface area (Å²) < 4.78 is -0.812. The van der Waals surface area contributed by atoms with Crippen molar-refractivity contribution in [3.8, 4) is 0 Å². The van der Waals surface area contributed by atoms with Gasteiger partial charge in [-0.3, -0.25) is 0 Å². The van der Waals surface area contributed by atoms with Gasteiger partial charge in [-0.2, -0.15) is 0 Å². The molecule has 89 heavy (non-hydrogen) atoms. The summed E-state index contributed by atoms with van der Waals surface area (Å²) in [5.74, 6) is 0.331. The van der Waals surface area contributed by atoms with Crippen LogP contribution < -0.4 is 0 Å². The average Bonchev–Trinajstić information content (AvgIpc) is 0.651. The van der Waals surface area contributed by atoms with E-state index in [1.165, 1.54) is 77.0 Å². The molecule has 466 valence electrons. The Balaban J connectivity index is 1.16. The van der Waals surface area contributed by atoms with Crippen LogP contribution in [0.4, 0.5) is 0 Å². The van der Waals surface area contributed by atoms with E-state index in [9.17, 15) is 0 Å². The van der Waals surface area contributed by atoms with Gasteiger partial charge in [0.05, 0.1) is 0 Å². The Morgan fingerprint density at radius 1 is 0.180 bits per heavy atom. The van der Waals surface area contributed by atoms with Gasteiger partial charge in [-0.1, -0.05) is 0 Å². The first-order valence-electron chi connectivity index (χ1n) is 35.9. The van der Waals surface area contributed by atoms with Crippen molar-refractivity contribution in [3.63, 3.8) is 0 Å². The van der Waals surface area contributed by atoms with Crippen LogP contribution in [-0.2, 0) is 73.5 Å². The molecule has 0 nitrogen and oxygen atoms in total. The minimum absolute atomic E-state index is 0.0481. The second-order valence-corrected chi connectivity index (χ2v) is 43.7.